The number of amides is 2. The molecule has 0 radical (unpaired) electrons. The molecule has 0 saturated heterocycles. The molecule has 0 saturated carbocycles. The number of rotatable bonds is 17. The number of nitrogens with two attached hydrogens (primary N) is 3. The Bertz CT molecular complexity index is 1220. The molecule has 13 nitrogen and oxygen atoms in total. The van der Waals surface area contributed by atoms with Gasteiger partial charge >= 0.3 is 0 Å². The molecule has 2 amide bonds. The van der Waals surface area contributed by atoms with Gasteiger partial charge in [-0.3, -0.25) is 15.4 Å². The summed E-state index contributed by atoms with van der Waals surface area (Å²) < 4.78 is 7.52. The van der Waals surface area contributed by atoms with Gasteiger partial charge in [0.15, 0.2) is 0 Å². The van der Waals surface area contributed by atoms with Crippen LogP contribution < -0.4 is 38.1 Å². The van der Waals surface area contributed by atoms with E-state index < -0.39 is 18.2 Å². The molecule has 0 aliphatic heterocycles. The molecule has 1 heterocycles. The summed E-state index contributed by atoms with van der Waals surface area (Å²) in [5.74, 6) is 5.32. The normalized spacial score (nSPS) is 13.4. The van der Waals surface area contributed by atoms with Gasteiger partial charge in [0.2, 0.25) is 5.91 Å². The van der Waals surface area contributed by atoms with Gasteiger partial charge in [0.05, 0.1) is 24.8 Å². The first-order valence-corrected chi connectivity index (χ1v) is 13.1. The minimum Gasteiger partial charge on any atom is -0.487 e. The highest BCUT2D eigenvalue weighted by Gasteiger charge is 2.14. The Hall–Kier alpha value is -3.88. The molecule has 0 bridgehead atoms. The molecule has 0 aliphatic carbocycles. The Morgan fingerprint density at radius 3 is 2.58 bits per heavy atom. The zero-order valence-electron chi connectivity index (χ0n) is 22.6. The van der Waals surface area contributed by atoms with Crippen LogP contribution in [0.4, 0.5) is 0 Å². The number of nitrogens with one attached hydrogen (secondary N) is 3. The van der Waals surface area contributed by atoms with Crippen LogP contribution in [0.5, 0.6) is 5.75 Å². The molecule has 40 heavy (non-hydrogen) atoms. The van der Waals surface area contributed by atoms with Gasteiger partial charge in [-0.25, -0.2) is 10.1 Å². The van der Waals surface area contributed by atoms with Gasteiger partial charge in [0.25, 0.3) is 5.91 Å². The number of aliphatic hydroxyl groups is 1. The Kier molecular flexibility index (Phi) is 12.0. The smallest absolute Gasteiger partial charge is 0.251 e. The van der Waals surface area contributed by atoms with Crippen molar-refractivity contribution in [1.82, 2.24) is 31.1 Å². The number of aliphatic hydroxyl groups excluding tert-OH is 1. The molecule has 10 N–H and O–H groups in total. The van der Waals surface area contributed by atoms with Crippen LogP contribution in [-0.4, -0.2) is 63.8 Å². The molecule has 216 valence electrons. The molecule has 1 unspecified atom stereocenters. The monoisotopic (exact) mass is 553 g/mol. The van der Waals surface area contributed by atoms with Gasteiger partial charge in [-0.2, -0.15) is 0 Å². The van der Waals surface area contributed by atoms with E-state index in [-0.39, 0.29) is 18.6 Å². The first kappa shape index (κ1) is 30.7. The van der Waals surface area contributed by atoms with E-state index in [4.69, 9.17) is 22.0 Å². The fourth-order valence-corrected chi connectivity index (χ4v) is 4.09. The van der Waals surface area contributed by atoms with Gasteiger partial charge in [0.1, 0.15) is 24.3 Å². The average molecular weight is 554 g/mol. The third-order valence-corrected chi connectivity index (χ3v) is 6.42. The molecule has 0 spiro atoms. The van der Waals surface area contributed by atoms with E-state index in [1.54, 1.807) is 24.0 Å². The molecule has 3 rings (SSSR count). The number of primary amides is 1. The molecule has 0 fully saturated rings. The highest BCUT2D eigenvalue weighted by molar-refractivity contribution is 5.94. The van der Waals surface area contributed by atoms with E-state index in [0.717, 1.165) is 11.1 Å². The SMILES string of the molecule is CN[C@@H](Cc1ccc(OCc2cn(Cc3cccc(C(=O)NCCCC[C@H](NN)C(N)=O)c3)nn2)cc1)C(N)O. The molecule has 3 aromatic rings. The molecule has 1 aromatic heterocycles. The van der Waals surface area contributed by atoms with E-state index in [1.807, 2.05) is 42.5 Å². The lowest BCUT2D eigenvalue weighted by atomic mass is 10.1. The van der Waals surface area contributed by atoms with Crippen molar-refractivity contribution in [2.75, 3.05) is 13.6 Å². The van der Waals surface area contributed by atoms with Crippen molar-refractivity contribution in [3.63, 3.8) is 0 Å². The van der Waals surface area contributed by atoms with Crippen LogP contribution in [-0.2, 0) is 24.4 Å². The second-order valence-electron chi connectivity index (χ2n) is 9.50. The topological polar surface area (TPSA) is 208 Å². The zero-order valence-corrected chi connectivity index (χ0v) is 22.6. The predicted molar refractivity (Wildman–Crippen MR) is 150 cm³/mol. The molecule has 13 heteroatoms. The number of carbonyl (C=O) groups is 2. The van der Waals surface area contributed by atoms with Crippen LogP contribution in [0.3, 0.4) is 0 Å². The van der Waals surface area contributed by atoms with Crippen LogP contribution in [0.15, 0.2) is 54.7 Å². The van der Waals surface area contributed by atoms with Gasteiger partial charge in [-0.15, -0.1) is 5.10 Å². The molecule has 3 atom stereocenters. The molecular weight excluding hydrogens is 514 g/mol. The number of hydrogen-bond donors (Lipinski definition) is 7. The number of hydrogen-bond acceptors (Lipinski definition) is 10. The summed E-state index contributed by atoms with van der Waals surface area (Å²) in [6, 6.07) is 14.1. The molecular formula is C27H39N9O4. The van der Waals surface area contributed by atoms with Crippen LogP contribution in [0.2, 0.25) is 0 Å². The quantitative estimate of drug-likeness (QED) is 0.0494. The lowest BCUT2D eigenvalue weighted by molar-refractivity contribution is -0.120. The van der Waals surface area contributed by atoms with Gasteiger partial charge in [0, 0.05) is 12.1 Å². The van der Waals surface area contributed by atoms with Crippen LogP contribution >= 0.6 is 0 Å². The summed E-state index contributed by atoms with van der Waals surface area (Å²) >= 11 is 0. The number of aromatic nitrogens is 3. The number of likely N-dealkylation sites (N-methyl/N-ethyl adjacent to an activating group) is 1. The summed E-state index contributed by atoms with van der Waals surface area (Å²) in [5, 5.41) is 23.8. The third-order valence-electron chi connectivity index (χ3n) is 6.42. The van der Waals surface area contributed by atoms with Crippen molar-refractivity contribution >= 4 is 11.8 Å². The number of benzene rings is 2. The summed E-state index contributed by atoms with van der Waals surface area (Å²) in [5.41, 5.74) is 16.4. The summed E-state index contributed by atoms with van der Waals surface area (Å²) in [4.78, 5) is 23.8. The van der Waals surface area contributed by atoms with E-state index in [2.05, 4.69) is 26.4 Å². The predicted octanol–water partition coefficient (Wildman–Crippen LogP) is -0.470. The van der Waals surface area contributed by atoms with E-state index in [9.17, 15) is 14.7 Å². The average Bonchev–Trinajstić information content (AvgIpc) is 3.39. The van der Waals surface area contributed by atoms with Gasteiger partial charge < -0.3 is 31.9 Å². The summed E-state index contributed by atoms with van der Waals surface area (Å²) in [6.45, 7) is 1.18. The van der Waals surface area contributed by atoms with Crippen molar-refractivity contribution in [2.45, 2.75) is 57.1 Å². The second-order valence-corrected chi connectivity index (χ2v) is 9.50. The van der Waals surface area contributed by atoms with E-state index >= 15 is 0 Å². The maximum Gasteiger partial charge on any atom is 0.251 e. The minimum atomic E-state index is -0.941. The highest BCUT2D eigenvalue weighted by Crippen LogP contribution is 2.15. The zero-order chi connectivity index (χ0) is 28.9. The van der Waals surface area contributed by atoms with E-state index in [0.29, 0.717) is 55.8 Å². The highest BCUT2D eigenvalue weighted by atomic mass is 16.5. The second kappa shape index (κ2) is 15.6. The Morgan fingerprint density at radius 2 is 1.90 bits per heavy atom. The molecule has 2 aromatic carbocycles. The Balaban J connectivity index is 1.44. The minimum absolute atomic E-state index is 0.176. The first-order valence-electron chi connectivity index (χ1n) is 13.1. The standard InChI is InChI=1S/C27H39N9O4/c1-31-24(26(29)38)14-18-8-10-22(11-9-18)40-17-21-16-36(35-34-21)15-19-5-4-6-20(13-19)27(39)32-12-3-2-7-23(33-30)25(28)37/h4-6,8-11,13,16,23-24,26,31,33,38H,2-3,7,12,14-15,17,29-30H2,1H3,(H2,28,37)(H,32,39)/t23-,24-,26?/m0/s1. The van der Waals surface area contributed by atoms with Crippen LogP contribution in [0.25, 0.3) is 0 Å². The van der Waals surface area contributed by atoms with Crippen LogP contribution in [0.1, 0.15) is 46.4 Å². The number of unbranched alkanes of at least 4 members (excludes halogenated alkanes) is 1. The summed E-state index contributed by atoms with van der Waals surface area (Å²) in [6.07, 6.45) is 3.35. The Labute approximate surface area is 233 Å². The fraction of sp³-hybridized carbons (Fsp3) is 0.407. The van der Waals surface area contributed by atoms with Crippen molar-refractivity contribution in [2.24, 2.45) is 17.3 Å². The van der Waals surface area contributed by atoms with Gasteiger partial charge in [-0.1, -0.05) is 29.5 Å². The number of nitrogens with zero attached hydrogens (tertiary/aromatic N) is 3. The number of carbonyl (C=O) groups excluding carboxylic acids is 2. The van der Waals surface area contributed by atoms with Crippen molar-refractivity contribution in [3.8, 4) is 5.75 Å². The maximum absolute atomic E-state index is 12.6. The largest absolute Gasteiger partial charge is 0.487 e. The van der Waals surface area contributed by atoms with Crippen molar-refractivity contribution in [3.05, 3.63) is 77.1 Å². The first-order chi connectivity index (χ1) is 19.3. The van der Waals surface area contributed by atoms with Crippen LogP contribution in [0, 0.1) is 0 Å². The summed E-state index contributed by atoms with van der Waals surface area (Å²) in [7, 11) is 1.76. The number of hydrazine groups is 1. The molecule has 0 aliphatic rings. The van der Waals surface area contributed by atoms with E-state index in [1.165, 1.54) is 0 Å². The van der Waals surface area contributed by atoms with Crippen molar-refractivity contribution in [1.29, 1.82) is 0 Å². The third kappa shape index (κ3) is 9.70. The number of ether oxygens (including phenoxy) is 1. The Morgan fingerprint density at radius 1 is 1.12 bits per heavy atom. The van der Waals surface area contributed by atoms with Gasteiger partial charge in [-0.05, 0) is 68.1 Å². The fourth-order valence-electron chi connectivity index (χ4n) is 4.09. The lowest BCUT2D eigenvalue weighted by Crippen LogP contribution is -2.45. The lowest BCUT2D eigenvalue weighted by Gasteiger charge is -2.19. The maximum atomic E-state index is 12.6. The van der Waals surface area contributed by atoms with Crippen molar-refractivity contribution < 1.29 is 19.4 Å².